The van der Waals surface area contributed by atoms with Crippen molar-refractivity contribution in [1.29, 1.82) is 0 Å². The number of anilines is 1. The second-order valence-corrected chi connectivity index (χ2v) is 7.78. The van der Waals surface area contributed by atoms with Gasteiger partial charge in [-0.25, -0.2) is 4.90 Å². The van der Waals surface area contributed by atoms with Crippen LogP contribution in [0.15, 0.2) is 71.8 Å². The summed E-state index contributed by atoms with van der Waals surface area (Å²) in [5.41, 5.74) is 0.323. The topological polar surface area (TPSA) is 42.3 Å². The summed E-state index contributed by atoms with van der Waals surface area (Å²) in [5, 5.41) is -0.0976. The predicted molar refractivity (Wildman–Crippen MR) is 111 cm³/mol. The van der Waals surface area contributed by atoms with Gasteiger partial charge in [-0.1, -0.05) is 23.7 Å². The van der Waals surface area contributed by atoms with Crippen molar-refractivity contribution in [2.45, 2.75) is 6.18 Å². The van der Waals surface area contributed by atoms with Gasteiger partial charge in [0.25, 0.3) is 11.1 Å². The van der Waals surface area contributed by atoms with Crippen LogP contribution in [0.5, 0.6) is 0 Å². The molecule has 0 aliphatic carbocycles. The zero-order valence-corrected chi connectivity index (χ0v) is 16.6. The summed E-state index contributed by atoms with van der Waals surface area (Å²) in [4.78, 5) is 26.4. The second-order valence-electron chi connectivity index (χ2n) is 6.35. The van der Waals surface area contributed by atoms with Crippen LogP contribution in [0.1, 0.15) is 11.3 Å². The van der Waals surface area contributed by atoms with Crippen LogP contribution in [0.3, 0.4) is 0 Å². The molecule has 0 unspecified atom stereocenters. The molecule has 0 saturated carbocycles. The van der Waals surface area contributed by atoms with Crippen LogP contribution in [0, 0.1) is 0 Å². The fourth-order valence-electron chi connectivity index (χ4n) is 3.02. The fourth-order valence-corrected chi connectivity index (χ4v) is 4.03. The van der Waals surface area contributed by atoms with E-state index in [-0.39, 0.29) is 10.6 Å². The molecule has 4 nitrogen and oxygen atoms in total. The van der Waals surface area contributed by atoms with Crippen molar-refractivity contribution in [3.05, 3.63) is 88.0 Å². The Morgan fingerprint density at radius 2 is 1.67 bits per heavy atom. The first-order chi connectivity index (χ1) is 14.2. The van der Waals surface area contributed by atoms with Crippen molar-refractivity contribution in [1.82, 2.24) is 4.57 Å². The summed E-state index contributed by atoms with van der Waals surface area (Å²) in [6.07, 6.45) is -1.40. The van der Waals surface area contributed by atoms with E-state index in [1.807, 2.05) is 0 Å². The number of alkyl halides is 3. The maximum atomic E-state index is 13.0. The number of carbonyl (C=O) groups excluding carboxylic acids is 2. The van der Waals surface area contributed by atoms with Crippen molar-refractivity contribution in [2.24, 2.45) is 0 Å². The van der Waals surface area contributed by atoms with Crippen molar-refractivity contribution in [3.8, 4) is 5.69 Å². The Morgan fingerprint density at radius 1 is 0.933 bits per heavy atom. The van der Waals surface area contributed by atoms with Crippen LogP contribution in [0.2, 0.25) is 5.02 Å². The first-order valence-electron chi connectivity index (χ1n) is 8.62. The molecule has 2 aromatic carbocycles. The van der Waals surface area contributed by atoms with Crippen LogP contribution >= 0.6 is 23.4 Å². The third-order valence-electron chi connectivity index (χ3n) is 4.37. The average Bonchev–Trinajstić information content (AvgIpc) is 3.26. The van der Waals surface area contributed by atoms with Gasteiger partial charge in [-0.05, 0) is 66.4 Å². The van der Waals surface area contributed by atoms with E-state index in [0.717, 1.165) is 28.8 Å². The molecule has 2 heterocycles. The van der Waals surface area contributed by atoms with Gasteiger partial charge in [0.05, 0.1) is 16.2 Å². The van der Waals surface area contributed by atoms with Gasteiger partial charge in [0.2, 0.25) is 0 Å². The summed E-state index contributed by atoms with van der Waals surface area (Å²) in [6, 6.07) is 14.5. The van der Waals surface area contributed by atoms with Gasteiger partial charge in [-0.15, -0.1) is 0 Å². The van der Waals surface area contributed by atoms with E-state index in [9.17, 15) is 22.8 Å². The number of hydrogen-bond donors (Lipinski definition) is 0. The number of imide groups is 1. The quantitative estimate of drug-likeness (QED) is 0.436. The van der Waals surface area contributed by atoms with Crippen LogP contribution in [0.4, 0.5) is 23.7 Å². The molecule has 1 aliphatic heterocycles. The van der Waals surface area contributed by atoms with Gasteiger partial charge in [0.1, 0.15) is 0 Å². The molecule has 1 fully saturated rings. The third-order valence-corrected chi connectivity index (χ3v) is 5.48. The Labute approximate surface area is 178 Å². The first-order valence-corrected chi connectivity index (χ1v) is 9.82. The lowest BCUT2D eigenvalue weighted by molar-refractivity contribution is -0.137. The van der Waals surface area contributed by atoms with E-state index in [2.05, 4.69) is 0 Å². The number of rotatable bonds is 3. The standard InChI is InChI=1S/C21H12ClF3N2O2S/c22-14-5-2-7-17(11-14)27-19(28)18(30-20(27)29)12-16-8-3-9-26(16)15-6-1-4-13(10-15)21(23,24)25/h1-12H/b18-12+. The van der Waals surface area contributed by atoms with Crippen LogP contribution in [-0.2, 0) is 11.0 Å². The molecule has 30 heavy (non-hydrogen) atoms. The Bertz CT molecular complexity index is 1190. The Balaban J connectivity index is 1.69. The number of thioether (sulfide) groups is 1. The molecule has 0 radical (unpaired) electrons. The number of amides is 2. The SMILES string of the molecule is O=C1S/C(=C/c2cccn2-c2cccc(C(F)(F)F)c2)C(=O)N1c1cccc(Cl)c1. The Hall–Kier alpha value is -2.97. The van der Waals surface area contributed by atoms with Crippen LogP contribution in [-0.4, -0.2) is 15.7 Å². The Kier molecular flexibility index (Phi) is 5.21. The highest BCUT2D eigenvalue weighted by atomic mass is 35.5. The number of carbonyl (C=O) groups is 2. The van der Waals surface area contributed by atoms with Crippen molar-refractivity contribution in [2.75, 3.05) is 4.90 Å². The molecule has 2 amide bonds. The van der Waals surface area contributed by atoms with Gasteiger partial charge in [0, 0.05) is 22.6 Å². The predicted octanol–water partition coefficient (Wildman–Crippen LogP) is 6.39. The van der Waals surface area contributed by atoms with Crippen molar-refractivity contribution < 1.29 is 22.8 Å². The zero-order chi connectivity index (χ0) is 21.5. The molecular formula is C21H12ClF3N2O2S. The van der Waals surface area contributed by atoms with E-state index >= 15 is 0 Å². The first kappa shape index (κ1) is 20.3. The number of hydrogen-bond acceptors (Lipinski definition) is 3. The summed E-state index contributed by atoms with van der Waals surface area (Å²) in [5.74, 6) is -0.524. The molecule has 3 aromatic rings. The minimum absolute atomic E-state index is 0.159. The van der Waals surface area contributed by atoms with E-state index in [1.165, 1.54) is 28.8 Å². The molecule has 1 saturated heterocycles. The number of aromatic nitrogens is 1. The lowest BCUT2D eigenvalue weighted by Gasteiger charge is -2.12. The molecule has 152 valence electrons. The average molecular weight is 449 g/mol. The van der Waals surface area contributed by atoms with Gasteiger partial charge in [-0.2, -0.15) is 13.2 Å². The fraction of sp³-hybridized carbons (Fsp3) is 0.0476. The van der Waals surface area contributed by atoms with Crippen molar-refractivity contribution >= 4 is 46.3 Å². The largest absolute Gasteiger partial charge is 0.416 e. The smallest absolute Gasteiger partial charge is 0.317 e. The molecular weight excluding hydrogens is 437 g/mol. The third kappa shape index (κ3) is 3.88. The molecule has 9 heteroatoms. The van der Waals surface area contributed by atoms with E-state index in [0.29, 0.717) is 16.4 Å². The molecule has 0 N–H and O–H groups in total. The molecule has 0 bridgehead atoms. The van der Waals surface area contributed by atoms with E-state index in [4.69, 9.17) is 11.6 Å². The van der Waals surface area contributed by atoms with Gasteiger partial charge < -0.3 is 4.57 Å². The minimum atomic E-state index is -4.47. The lowest BCUT2D eigenvalue weighted by atomic mass is 10.2. The maximum Gasteiger partial charge on any atom is 0.416 e. The molecule has 0 atom stereocenters. The normalized spacial score (nSPS) is 16.0. The van der Waals surface area contributed by atoms with Crippen LogP contribution in [0.25, 0.3) is 11.8 Å². The highest BCUT2D eigenvalue weighted by Gasteiger charge is 2.36. The second kappa shape index (κ2) is 7.70. The number of halogens is 4. The molecule has 0 spiro atoms. The highest BCUT2D eigenvalue weighted by Crippen LogP contribution is 2.37. The summed E-state index contributed by atoms with van der Waals surface area (Å²) < 4.78 is 40.6. The summed E-state index contributed by atoms with van der Waals surface area (Å²) >= 11 is 6.70. The number of nitrogens with zero attached hydrogens (tertiary/aromatic N) is 2. The highest BCUT2D eigenvalue weighted by molar-refractivity contribution is 8.19. The summed E-state index contributed by atoms with van der Waals surface area (Å²) in [6.45, 7) is 0. The molecule has 4 rings (SSSR count). The summed E-state index contributed by atoms with van der Waals surface area (Å²) in [7, 11) is 0. The number of benzene rings is 2. The Morgan fingerprint density at radius 3 is 2.40 bits per heavy atom. The van der Waals surface area contributed by atoms with E-state index in [1.54, 1.807) is 36.5 Å². The van der Waals surface area contributed by atoms with Gasteiger partial charge in [0.15, 0.2) is 0 Å². The molecule has 1 aliphatic rings. The maximum absolute atomic E-state index is 13.0. The minimum Gasteiger partial charge on any atom is -0.317 e. The lowest BCUT2D eigenvalue weighted by Crippen LogP contribution is -2.27. The van der Waals surface area contributed by atoms with Gasteiger partial charge >= 0.3 is 6.18 Å². The zero-order valence-electron chi connectivity index (χ0n) is 15.1. The van der Waals surface area contributed by atoms with Gasteiger partial charge in [-0.3, -0.25) is 9.59 Å². The monoisotopic (exact) mass is 448 g/mol. The molecule has 1 aromatic heterocycles. The van der Waals surface area contributed by atoms with Crippen molar-refractivity contribution in [3.63, 3.8) is 0 Å². The van der Waals surface area contributed by atoms with Crippen LogP contribution < -0.4 is 4.90 Å². The van der Waals surface area contributed by atoms with E-state index < -0.39 is 22.9 Å².